The van der Waals surface area contributed by atoms with E-state index >= 15 is 0 Å². The number of hydrogen-bond acceptors (Lipinski definition) is 2. The Morgan fingerprint density at radius 2 is 1.74 bits per heavy atom. The quantitative estimate of drug-likeness (QED) is 0.642. The minimum Gasteiger partial charge on any atom is -0.390 e. The highest BCUT2D eigenvalue weighted by molar-refractivity contribution is 7.71. The highest BCUT2D eigenvalue weighted by Gasteiger charge is 2.38. The van der Waals surface area contributed by atoms with E-state index in [2.05, 4.69) is 4.98 Å². The molecule has 0 saturated heterocycles. The Labute approximate surface area is 131 Å². The molecule has 1 aromatic heterocycles. The summed E-state index contributed by atoms with van der Waals surface area (Å²) in [5, 5.41) is 8.96. The van der Waals surface area contributed by atoms with E-state index in [1.807, 2.05) is 0 Å². The summed E-state index contributed by atoms with van der Waals surface area (Å²) in [5.74, 6) is 0. The van der Waals surface area contributed by atoms with E-state index in [1.54, 1.807) is 0 Å². The number of H-pyrrole nitrogens is 1. The van der Waals surface area contributed by atoms with Gasteiger partial charge in [0.25, 0.3) is 0 Å². The first-order chi connectivity index (χ1) is 10.5. The van der Waals surface area contributed by atoms with Crippen molar-refractivity contribution in [1.82, 2.24) is 9.55 Å². The molecule has 0 aliphatic heterocycles. The molecule has 1 aromatic carbocycles. The smallest absolute Gasteiger partial charge is 0.390 e. The zero-order valence-corrected chi connectivity index (χ0v) is 12.1. The number of aliphatic hydroxyl groups excluding tert-OH is 1. The fourth-order valence-corrected chi connectivity index (χ4v) is 2.27. The molecule has 2 N–H and O–H groups in total. The van der Waals surface area contributed by atoms with Crippen molar-refractivity contribution in [2.45, 2.75) is 25.5 Å². The molecule has 0 spiro atoms. The SMILES string of the molecule is OCc1cn(Cc2ccc(C(F)(F)F)cc2C(F)(F)F)c(=S)[nH]1. The van der Waals surface area contributed by atoms with Crippen LogP contribution in [0.3, 0.4) is 0 Å². The molecule has 0 unspecified atom stereocenters. The van der Waals surface area contributed by atoms with Crippen LogP contribution >= 0.6 is 12.2 Å². The van der Waals surface area contributed by atoms with Crippen molar-refractivity contribution in [2.24, 2.45) is 0 Å². The number of halogens is 6. The third-order valence-corrected chi connectivity index (χ3v) is 3.43. The molecule has 1 heterocycles. The van der Waals surface area contributed by atoms with E-state index in [4.69, 9.17) is 17.3 Å². The fourth-order valence-electron chi connectivity index (χ4n) is 2.02. The lowest BCUT2D eigenvalue weighted by Crippen LogP contribution is -2.15. The van der Waals surface area contributed by atoms with Crippen LogP contribution in [0.2, 0.25) is 0 Å². The van der Waals surface area contributed by atoms with E-state index in [9.17, 15) is 26.3 Å². The first kappa shape index (κ1) is 17.5. The van der Waals surface area contributed by atoms with Gasteiger partial charge in [0, 0.05) is 6.20 Å². The number of hydrogen-bond donors (Lipinski definition) is 2. The molecule has 0 atom stereocenters. The number of nitrogens with one attached hydrogen (secondary N) is 1. The first-order valence-corrected chi connectivity index (χ1v) is 6.59. The van der Waals surface area contributed by atoms with Gasteiger partial charge in [-0.3, -0.25) is 0 Å². The monoisotopic (exact) mass is 356 g/mol. The minimum atomic E-state index is -4.94. The van der Waals surface area contributed by atoms with Crippen LogP contribution in [0.1, 0.15) is 22.4 Å². The van der Waals surface area contributed by atoms with Crippen LogP contribution in [-0.4, -0.2) is 14.7 Å². The van der Waals surface area contributed by atoms with Gasteiger partial charge in [-0.1, -0.05) is 6.07 Å². The zero-order chi connectivity index (χ0) is 17.4. The molecule has 0 amide bonds. The normalized spacial score (nSPS) is 12.7. The van der Waals surface area contributed by atoms with Gasteiger partial charge >= 0.3 is 12.4 Å². The zero-order valence-electron chi connectivity index (χ0n) is 11.3. The maximum absolute atomic E-state index is 13.0. The Bertz CT molecular complexity index is 759. The summed E-state index contributed by atoms with van der Waals surface area (Å²) in [6.07, 6.45) is -8.50. The number of rotatable bonds is 3. The Balaban J connectivity index is 2.49. The molecule has 0 bridgehead atoms. The van der Waals surface area contributed by atoms with Crippen molar-refractivity contribution in [3.05, 3.63) is 51.6 Å². The second-order valence-corrected chi connectivity index (χ2v) is 5.12. The third kappa shape index (κ3) is 3.94. The summed E-state index contributed by atoms with van der Waals surface area (Å²) in [6.45, 7) is -0.766. The molecule has 0 aliphatic rings. The van der Waals surface area contributed by atoms with Crippen LogP contribution in [0.25, 0.3) is 0 Å². The number of alkyl halides is 6. The maximum atomic E-state index is 13.0. The molecule has 0 radical (unpaired) electrons. The molecule has 23 heavy (non-hydrogen) atoms. The van der Waals surface area contributed by atoms with Gasteiger partial charge in [-0.25, -0.2) is 0 Å². The van der Waals surface area contributed by atoms with Crippen molar-refractivity contribution < 1.29 is 31.4 Å². The number of aromatic nitrogens is 2. The fraction of sp³-hybridized carbons (Fsp3) is 0.308. The van der Waals surface area contributed by atoms with Gasteiger partial charge in [-0.2, -0.15) is 26.3 Å². The average molecular weight is 356 g/mol. The first-order valence-electron chi connectivity index (χ1n) is 6.19. The molecule has 0 saturated carbocycles. The summed E-state index contributed by atoms with van der Waals surface area (Å²) < 4.78 is 78.2. The Morgan fingerprint density at radius 3 is 2.22 bits per heavy atom. The Morgan fingerprint density at radius 1 is 1.09 bits per heavy atom. The number of benzene rings is 1. The molecule has 126 valence electrons. The summed E-state index contributed by atoms with van der Waals surface area (Å²) in [5.41, 5.74) is -2.82. The molecular formula is C13H10F6N2OS. The van der Waals surface area contributed by atoms with Gasteiger partial charge in [0.15, 0.2) is 4.77 Å². The predicted molar refractivity (Wildman–Crippen MR) is 71.1 cm³/mol. The molecule has 10 heteroatoms. The summed E-state index contributed by atoms with van der Waals surface area (Å²) >= 11 is 4.90. The Hall–Kier alpha value is -1.81. The lowest BCUT2D eigenvalue weighted by molar-refractivity contribution is -0.143. The van der Waals surface area contributed by atoms with Crippen molar-refractivity contribution >= 4 is 12.2 Å². The summed E-state index contributed by atoms with van der Waals surface area (Å²) in [4.78, 5) is 2.57. The highest BCUT2D eigenvalue weighted by atomic mass is 32.1. The molecule has 0 aliphatic carbocycles. The largest absolute Gasteiger partial charge is 0.416 e. The van der Waals surface area contributed by atoms with Crippen molar-refractivity contribution in [2.75, 3.05) is 0 Å². The van der Waals surface area contributed by atoms with E-state index in [-0.39, 0.29) is 28.6 Å². The summed E-state index contributed by atoms with van der Waals surface area (Å²) in [7, 11) is 0. The van der Waals surface area contributed by atoms with Gasteiger partial charge < -0.3 is 14.7 Å². The predicted octanol–water partition coefficient (Wildman–Crippen LogP) is 4.12. The van der Waals surface area contributed by atoms with Gasteiger partial charge in [0.05, 0.1) is 30.0 Å². The topological polar surface area (TPSA) is 41.0 Å². The highest BCUT2D eigenvalue weighted by Crippen LogP contribution is 2.37. The van der Waals surface area contributed by atoms with Gasteiger partial charge in [-0.15, -0.1) is 0 Å². The standard InChI is InChI=1S/C13H10F6N2OS/c14-12(15,16)8-2-1-7(10(3-8)13(17,18)19)4-21-5-9(6-22)20-11(21)23/h1-3,5,22H,4,6H2,(H,20,23). The minimum absolute atomic E-state index is 0.0575. The van der Waals surface area contributed by atoms with E-state index in [1.165, 1.54) is 10.8 Å². The van der Waals surface area contributed by atoms with Gasteiger partial charge in [-0.05, 0) is 29.9 Å². The molecule has 3 nitrogen and oxygen atoms in total. The number of nitrogens with zero attached hydrogens (tertiary/aromatic N) is 1. The van der Waals surface area contributed by atoms with E-state index in [0.717, 1.165) is 6.07 Å². The summed E-state index contributed by atoms with van der Waals surface area (Å²) in [6, 6.07) is 1.45. The van der Waals surface area contributed by atoms with Crippen LogP contribution in [-0.2, 0) is 25.5 Å². The lowest BCUT2D eigenvalue weighted by atomic mass is 10.0. The lowest BCUT2D eigenvalue weighted by Gasteiger charge is -2.16. The van der Waals surface area contributed by atoms with E-state index < -0.39 is 30.1 Å². The Kier molecular flexibility index (Phi) is 4.58. The molecule has 0 fully saturated rings. The second-order valence-electron chi connectivity index (χ2n) is 4.74. The average Bonchev–Trinajstić information content (AvgIpc) is 2.77. The molecule has 2 aromatic rings. The maximum Gasteiger partial charge on any atom is 0.416 e. The van der Waals surface area contributed by atoms with Crippen LogP contribution in [0, 0.1) is 4.77 Å². The van der Waals surface area contributed by atoms with E-state index in [0.29, 0.717) is 6.07 Å². The molecular weight excluding hydrogens is 346 g/mol. The molecule has 2 rings (SSSR count). The van der Waals surface area contributed by atoms with Crippen molar-refractivity contribution in [1.29, 1.82) is 0 Å². The van der Waals surface area contributed by atoms with Crippen LogP contribution < -0.4 is 0 Å². The second kappa shape index (κ2) is 6.00. The number of aromatic amines is 1. The number of imidazole rings is 1. The van der Waals surface area contributed by atoms with Crippen molar-refractivity contribution in [3.8, 4) is 0 Å². The van der Waals surface area contributed by atoms with Crippen LogP contribution in [0.4, 0.5) is 26.3 Å². The van der Waals surface area contributed by atoms with Crippen LogP contribution in [0.15, 0.2) is 24.4 Å². The number of aliphatic hydroxyl groups is 1. The van der Waals surface area contributed by atoms with Crippen LogP contribution in [0.5, 0.6) is 0 Å². The third-order valence-electron chi connectivity index (χ3n) is 3.09. The van der Waals surface area contributed by atoms with Crippen molar-refractivity contribution in [3.63, 3.8) is 0 Å². The van der Waals surface area contributed by atoms with Gasteiger partial charge in [0.2, 0.25) is 0 Å². The van der Waals surface area contributed by atoms with Gasteiger partial charge in [0.1, 0.15) is 0 Å².